The van der Waals surface area contributed by atoms with Crippen LogP contribution in [0.5, 0.6) is 0 Å². The summed E-state index contributed by atoms with van der Waals surface area (Å²) in [4.78, 5) is 44.0. The van der Waals surface area contributed by atoms with Crippen LogP contribution in [0.1, 0.15) is 18.2 Å². The number of aromatic nitrogens is 3. The van der Waals surface area contributed by atoms with Gasteiger partial charge in [-0.15, -0.1) is 0 Å². The van der Waals surface area contributed by atoms with Gasteiger partial charge in [0.25, 0.3) is 11.1 Å². The molecule has 2 aliphatic rings. The van der Waals surface area contributed by atoms with Crippen LogP contribution in [0.2, 0.25) is 0 Å². The molecule has 3 aromatic rings. The first kappa shape index (κ1) is 16.9. The number of carbonyl (C=O) groups is 1. The van der Waals surface area contributed by atoms with Gasteiger partial charge in [-0.1, -0.05) is 18.2 Å². The second-order valence-electron chi connectivity index (χ2n) is 7.68. The molecule has 0 aliphatic carbocycles. The zero-order valence-corrected chi connectivity index (χ0v) is 15.3. The summed E-state index contributed by atoms with van der Waals surface area (Å²) in [6.45, 7) is 1.13. The van der Waals surface area contributed by atoms with Gasteiger partial charge in [-0.3, -0.25) is 19.0 Å². The number of piperidine rings is 1. The van der Waals surface area contributed by atoms with Crippen molar-refractivity contribution >= 4 is 16.8 Å². The molecular formula is C21H20N4O3. The Morgan fingerprint density at radius 3 is 2.82 bits per heavy atom. The van der Waals surface area contributed by atoms with E-state index in [1.54, 1.807) is 35.2 Å². The van der Waals surface area contributed by atoms with Gasteiger partial charge in [-0.2, -0.15) is 0 Å². The fourth-order valence-corrected chi connectivity index (χ4v) is 4.60. The number of hydrogen-bond acceptors (Lipinski definition) is 4. The zero-order valence-electron chi connectivity index (χ0n) is 15.3. The van der Waals surface area contributed by atoms with E-state index in [-0.39, 0.29) is 29.6 Å². The number of amides is 1. The van der Waals surface area contributed by atoms with Crippen molar-refractivity contribution in [3.05, 3.63) is 75.2 Å². The van der Waals surface area contributed by atoms with Crippen molar-refractivity contribution < 1.29 is 4.79 Å². The Bertz CT molecular complexity index is 1200. The van der Waals surface area contributed by atoms with Crippen molar-refractivity contribution in [2.45, 2.75) is 25.4 Å². The number of benzene rings is 1. The van der Waals surface area contributed by atoms with Gasteiger partial charge in [0.1, 0.15) is 6.54 Å². The summed E-state index contributed by atoms with van der Waals surface area (Å²) in [5.74, 6) is 0.234. The molecule has 4 heterocycles. The number of pyridine rings is 1. The Morgan fingerprint density at radius 1 is 1.07 bits per heavy atom. The van der Waals surface area contributed by atoms with E-state index in [1.165, 1.54) is 10.9 Å². The Hall–Kier alpha value is -3.22. The highest BCUT2D eigenvalue weighted by atomic mass is 16.2. The number of likely N-dealkylation sites (tertiary alicyclic amines) is 1. The maximum Gasteiger partial charge on any atom is 0.261 e. The van der Waals surface area contributed by atoms with Crippen LogP contribution in [0.15, 0.2) is 58.4 Å². The topological polar surface area (TPSA) is 77.2 Å². The van der Waals surface area contributed by atoms with Gasteiger partial charge in [0.15, 0.2) is 0 Å². The molecule has 142 valence electrons. The monoisotopic (exact) mass is 376 g/mol. The molecule has 7 nitrogen and oxygen atoms in total. The third-order valence-corrected chi connectivity index (χ3v) is 5.84. The summed E-state index contributed by atoms with van der Waals surface area (Å²) in [7, 11) is 0. The molecule has 7 heteroatoms. The minimum Gasteiger partial charge on any atom is -0.339 e. The largest absolute Gasteiger partial charge is 0.339 e. The van der Waals surface area contributed by atoms with Crippen LogP contribution in [0.3, 0.4) is 0 Å². The third-order valence-electron chi connectivity index (χ3n) is 5.84. The van der Waals surface area contributed by atoms with Crippen LogP contribution in [0.25, 0.3) is 10.9 Å². The minimum atomic E-state index is -0.210. The molecule has 1 saturated heterocycles. The zero-order chi connectivity index (χ0) is 19.3. The molecule has 1 amide bonds. The molecule has 1 fully saturated rings. The van der Waals surface area contributed by atoms with Crippen molar-refractivity contribution in [1.82, 2.24) is 19.0 Å². The summed E-state index contributed by atoms with van der Waals surface area (Å²) in [5, 5.41) is 0.508. The van der Waals surface area contributed by atoms with E-state index < -0.39 is 0 Å². The Morgan fingerprint density at radius 2 is 1.93 bits per heavy atom. The highest BCUT2D eigenvalue weighted by molar-refractivity contribution is 5.79. The molecule has 2 aromatic heterocycles. The van der Waals surface area contributed by atoms with Crippen molar-refractivity contribution in [1.29, 1.82) is 0 Å². The smallest absolute Gasteiger partial charge is 0.261 e. The second-order valence-corrected chi connectivity index (χ2v) is 7.68. The van der Waals surface area contributed by atoms with Crippen LogP contribution in [-0.2, 0) is 17.8 Å². The van der Waals surface area contributed by atoms with E-state index in [1.807, 2.05) is 16.7 Å². The van der Waals surface area contributed by atoms with Crippen LogP contribution in [0, 0.1) is 5.92 Å². The summed E-state index contributed by atoms with van der Waals surface area (Å²) >= 11 is 0. The molecule has 2 bridgehead atoms. The molecule has 2 atom stereocenters. The van der Waals surface area contributed by atoms with E-state index in [9.17, 15) is 14.4 Å². The van der Waals surface area contributed by atoms with Gasteiger partial charge in [0.05, 0.1) is 23.3 Å². The second kappa shape index (κ2) is 6.44. The van der Waals surface area contributed by atoms with Gasteiger partial charge in [0, 0.05) is 24.8 Å². The first-order chi connectivity index (χ1) is 13.6. The van der Waals surface area contributed by atoms with E-state index in [0.29, 0.717) is 29.9 Å². The van der Waals surface area contributed by atoms with Crippen LogP contribution in [0.4, 0.5) is 0 Å². The number of para-hydroxylation sites is 1. The SMILES string of the molecule is O=C(Cn1cnc2ccccc2c1=O)N1C[C@H]2Cc3cccc(=O)n3[C@H](C2)C1. The lowest BCUT2D eigenvalue weighted by Crippen LogP contribution is -2.51. The predicted molar refractivity (Wildman–Crippen MR) is 104 cm³/mol. The maximum absolute atomic E-state index is 12.9. The Balaban J connectivity index is 1.40. The van der Waals surface area contributed by atoms with Gasteiger partial charge in [-0.05, 0) is 37.0 Å². The highest BCUT2D eigenvalue weighted by Crippen LogP contribution is 2.33. The number of hydrogen-bond donors (Lipinski definition) is 0. The average molecular weight is 376 g/mol. The Labute approximate surface area is 160 Å². The molecule has 0 N–H and O–H groups in total. The van der Waals surface area contributed by atoms with Crippen molar-refractivity contribution in [2.75, 3.05) is 13.1 Å². The van der Waals surface area contributed by atoms with Crippen LogP contribution >= 0.6 is 0 Å². The molecule has 2 aliphatic heterocycles. The van der Waals surface area contributed by atoms with Gasteiger partial charge >= 0.3 is 0 Å². The standard InChI is InChI=1S/C21H20N4O3/c26-19-7-3-4-15-8-14-9-16(25(15)19)11-23(10-14)20(27)12-24-13-22-18-6-2-1-5-17(18)21(24)28/h1-7,13-14,16H,8-12H2/t14-,16+/m0/s1. The number of fused-ring (bicyclic) bond motifs is 5. The molecule has 0 spiro atoms. The van der Waals surface area contributed by atoms with Crippen LogP contribution < -0.4 is 11.1 Å². The molecule has 1 aromatic carbocycles. The summed E-state index contributed by atoms with van der Waals surface area (Å²) in [6, 6.07) is 12.5. The first-order valence-electron chi connectivity index (χ1n) is 9.52. The van der Waals surface area contributed by atoms with Gasteiger partial charge in [0.2, 0.25) is 5.91 Å². The lowest BCUT2D eigenvalue weighted by Gasteiger charge is -2.43. The average Bonchev–Trinajstić information content (AvgIpc) is 2.70. The summed E-state index contributed by atoms with van der Waals surface area (Å²) < 4.78 is 3.20. The van der Waals surface area contributed by atoms with Crippen molar-refractivity contribution in [3.8, 4) is 0 Å². The molecule has 28 heavy (non-hydrogen) atoms. The van der Waals surface area contributed by atoms with Crippen molar-refractivity contribution in [2.24, 2.45) is 5.92 Å². The van der Waals surface area contributed by atoms with Gasteiger partial charge < -0.3 is 9.47 Å². The number of nitrogens with zero attached hydrogens (tertiary/aromatic N) is 4. The van der Waals surface area contributed by atoms with E-state index in [4.69, 9.17) is 0 Å². The third kappa shape index (κ3) is 2.74. The van der Waals surface area contributed by atoms with E-state index >= 15 is 0 Å². The van der Waals surface area contributed by atoms with Crippen LogP contribution in [-0.4, -0.2) is 38.0 Å². The van der Waals surface area contributed by atoms with Gasteiger partial charge in [-0.25, -0.2) is 4.98 Å². The lowest BCUT2D eigenvalue weighted by molar-refractivity contribution is -0.135. The number of rotatable bonds is 2. The molecule has 0 radical (unpaired) electrons. The number of carbonyl (C=O) groups excluding carboxylic acids is 1. The first-order valence-corrected chi connectivity index (χ1v) is 9.52. The fraction of sp³-hybridized carbons (Fsp3) is 0.333. The fourth-order valence-electron chi connectivity index (χ4n) is 4.60. The molecular weight excluding hydrogens is 356 g/mol. The lowest BCUT2D eigenvalue weighted by atomic mass is 9.86. The normalized spacial score (nSPS) is 20.8. The van der Waals surface area contributed by atoms with E-state index in [2.05, 4.69) is 4.98 Å². The Kier molecular flexibility index (Phi) is 3.89. The highest BCUT2D eigenvalue weighted by Gasteiger charge is 2.36. The molecule has 5 rings (SSSR count). The molecule has 0 saturated carbocycles. The summed E-state index contributed by atoms with van der Waals surface area (Å²) in [5.41, 5.74) is 1.46. The van der Waals surface area contributed by atoms with Crippen molar-refractivity contribution in [3.63, 3.8) is 0 Å². The molecule has 0 unspecified atom stereocenters. The predicted octanol–water partition coefficient (Wildman–Crippen LogP) is 1.20. The maximum atomic E-state index is 12.9. The minimum absolute atomic E-state index is 0.00611. The summed E-state index contributed by atoms with van der Waals surface area (Å²) in [6.07, 6.45) is 3.15. The quantitative estimate of drug-likeness (QED) is 0.674. The van der Waals surface area contributed by atoms with E-state index in [0.717, 1.165) is 18.5 Å².